The summed E-state index contributed by atoms with van der Waals surface area (Å²) in [5.74, 6) is 0. The van der Waals surface area contributed by atoms with Crippen LogP contribution >= 0.6 is 0 Å². The quantitative estimate of drug-likeness (QED) is 0.601. The highest BCUT2D eigenvalue weighted by atomic mass is 19.4. The average Bonchev–Trinajstić information content (AvgIpc) is 2.31. The van der Waals surface area contributed by atoms with Gasteiger partial charge in [0.2, 0.25) is 0 Å². The van der Waals surface area contributed by atoms with Crippen molar-refractivity contribution in [3.63, 3.8) is 0 Å². The van der Waals surface area contributed by atoms with Crippen molar-refractivity contribution in [2.75, 3.05) is 0 Å². The molecule has 0 spiro atoms. The Morgan fingerprint density at radius 3 is 2.54 bits per heavy atom. The van der Waals surface area contributed by atoms with Crippen molar-refractivity contribution in [2.24, 2.45) is 0 Å². The summed E-state index contributed by atoms with van der Waals surface area (Å²) in [5, 5.41) is 20.5. The van der Waals surface area contributed by atoms with Crippen LogP contribution in [0.15, 0.2) is 12.3 Å². The predicted octanol–water partition coefficient (Wildman–Crippen LogP) is -0.875. The Labute approximate surface area is 71.7 Å². The smallest absolute Gasteiger partial charge is 0.422 e. The number of alkyl halides is 3. The van der Waals surface area contributed by atoms with E-state index in [0.29, 0.717) is 4.68 Å². The fourth-order valence-corrected chi connectivity index (χ4v) is 0.864. The molecule has 0 saturated carbocycles. The molecule has 0 atom stereocenters. The van der Waals surface area contributed by atoms with Gasteiger partial charge in [0.1, 0.15) is 6.54 Å². The lowest BCUT2D eigenvalue weighted by Crippen LogP contribution is -2.39. The van der Waals surface area contributed by atoms with E-state index in [9.17, 15) is 13.2 Å². The summed E-state index contributed by atoms with van der Waals surface area (Å²) in [6.45, 7) is -1.33. The van der Waals surface area contributed by atoms with Crippen LogP contribution in [0.3, 0.4) is 0 Å². The molecule has 1 aromatic heterocycles. The maximum absolute atomic E-state index is 11.8. The van der Waals surface area contributed by atoms with Gasteiger partial charge in [0.25, 0.3) is 0 Å². The summed E-state index contributed by atoms with van der Waals surface area (Å²) in [5.41, 5.74) is -0.280. The highest BCUT2D eigenvalue weighted by Gasteiger charge is 2.31. The van der Waals surface area contributed by atoms with Crippen LogP contribution in [0.25, 0.3) is 0 Å². The highest BCUT2D eigenvalue weighted by molar-refractivity contribution is 6.57. The topological polar surface area (TPSA) is 58.3 Å². The van der Waals surface area contributed by atoms with Crippen molar-refractivity contribution in [1.29, 1.82) is 0 Å². The van der Waals surface area contributed by atoms with Crippen molar-refractivity contribution in [3.05, 3.63) is 12.3 Å². The monoisotopic (exact) mass is 194 g/mol. The van der Waals surface area contributed by atoms with Crippen LogP contribution in [0, 0.1) is 0 Å². The summed E-state index contributed by atoms with van der Waals surface area (Å²) >= 11 is 0. The minimum Gasteiger partial charge on any atom is -0.422 e. The average molecular weight is 194 g/mol. The number of hydrogen-bond acceptors (Lipinski definition) is 3. The first-order valence-electron chi connectivity index (χ1n) is 3.35. The molecule has 1 heterocycles. The van der Waals surface area contributed by atoms with Gasteiger partial charge in [-0.2, -0.15) is 18.3 Å². The van der Waals surface area contributed by atoms with Crippen molar-refractivity contribution in [2.45, 2.75) is 12.7 Å². The van der Waals surface area contributed by atoms with Gasteiger partial charge in [-0.1, -0.05) is 0 Å². The van der Waals surface area contributed by atoms with Crippen molar-refractivity contribution in [3.8, 4) is 0 Å². The van der Waals surface area contributed by atoms with E-state index in [1.807, 2.05) is 0 Å². The zero-order chi connectivity index (χ0) is 10.1. The van der Waals surface area contributed by atoms with Gasteiger partial charge >= 0.3 is 13.3 Å². The van der Waals surface area contributed by atoms with Crippen molar-refractivity contribution < 1.29 is 23.2 Å². The van der Waals surface area contributed by atoms with Gasteiger partial charge in [-0.05, 0) is 6.07 Å². The van der Waals surface area contributed by atoms with E-state index in [2.05, 4.69) is 5.10 Å². The molecular formula is C5H6BF3N2O2. The maximum Gasteiger partial charge on any atom is 0.507 e. The zero-order valence-electron chi connectivity index (χ0n) is 6.36. The van der Waals surface area contributed by atoms with Gasteiger partial charge in [-0.25, -0.2) is 0 Å². The molecule has 1 rings (SSSR count). The molecule has 4 nitrogen and oxygen atoms in total. The zero-order valence-corrected chi connectivity index (χ0v) is 6.36. The van der Waals surface area contributed by atoms with E-state index in [-0.39, 0.29) is 5.59 Å². The van der Waals surface area contributed by atoms with Crippen LogP contribution in [0.4, 0.5) is 13.2 Å². The Kier molecular flexibility index (Phi) is 2.62. The third-order valence-corrected chi connectivity index (χ3v) is 1.34. The number of halogens is 3. The van der Waals surface area contributed by atoms with Crippen LogP contribution < -0.4 is 5.59 Å². The lowest BCUT2D eigenvalue weighted by atomic mass is 9.86. The Bertz CT molecular complexity index is 286. The fourth-order valence-electron chi connectivity index (χ4n) is 0.864. The molecule has 0 aliphatic carbocycles. The number of aromatic nitrogens is 2. The first-order chi connectivity index (χ1) is 5.90. The molecule has 0 saturated heterocycles. The Morgan fingerprint density at radius 1 is 1.46 bits per heavy atom. The molecular weight excluding hydrogens is 188 g/mol. The molecule has 13 heavy (non-hydrogen) atoms. The van der Waals surface area contributed by atoms with E-state index in [0.717, 1.165) is 12.3 Å². The van der Waals surface area contributed by atoms with Gasteiger partial charge in [-0.3, -0.25) is 4.68 Å². The summed E-state index contributed by atoms with van der Waals surface area (Å²) in [6, 6.07) is 1.11. The summed E-state index contributed by atoms with van der Waals surface area (Å²) in [6.07, 6.45) is -3.35. The fraction of sp³-hybridized carbons (Fsp3) is 0.400. The Balaban J connectivity index is 2.83. The van der Waals surface area contributed by atoms with Gasteiger partial charge < -0.3 is 10.0 Å². The van der Waals surface area contributed by atoms with Crippen LogP contribution in [-0.2, 0) is 6.54 Å². The molecule has 0 aliphatic heterocycles. The van der Waals surface area contributed by atoms with Crippen molar-refractivity contribution >= 4 is 12.7 Å². The highest BCUT2D eigenvalue weighted by Crippen LogP contribution is 2.15. The molecule has 0 aliphatic rings. The molecule has 0 aromatic carbocycles. The van der Waals surface area contributed by atoms with E-state index < -0.39 is 19.8 Å². The lowest BCUT2D eigenvalue weighted by Gasteiger charge is -2.09. The largest absolute Gasteiger partial charge is 0.507 e. The second kappa shape index (κ2) is 3.39. The minimum absolute atomic E-state index is 0.280. The second-order valence-electron chi connectivity index (χ2n) is 2.40. The van der Waals surface area contributed by atoms with Crippen LogP contribution in [0.5, 0.6) is 0 Å². The third kappa shape index (κ3) is 2.74. The summed E-state index contributed by atoms with van der Waals surface area (Å²) in [4.78, 5) is 0. The van der Waals surface area contributed by atoms with Crippen LogP contribution in [0.2, 0.25) is 0 Å². The molecule has 0 radical (unpaired) electrons. The van der Waals surface area contributed by atoms with Gasteiger partial charge in [0, 0.05) is 6.20 Å². The van der Waals surface area contributed by atoms with Crippen LogP contribution in [-0.4, -0.2) is 33.1 Å². The molecule has 0 unspecified atom stereocenters. The van der Waals surface area contributed by atoms with Gasteiger partial charge in [0.15, 0.2) is 0 Å². The first-order valence-corrected chi connectivity index (χ1v) is 3.35. The van der Waals surface area contributed by atoms with E-state index in [4.69, 9.17) is 10.0 Å². The third-order valence-electron chi connectivity index (χ3n) is 1.34. The van der Waals surface area contributed by atoms with Gasteiger partial charge in [-0.15, -0.1) is 0 Å². The Morgan fingerprint density at radius 2 is 2.08 bits per heavy atom. The molecule has 0 amide bonds. The maximum atomic E-state index is 11.8. The molecule has 1 aromatic rings. The molecule has 2 N–H and O–H groups in total. The van der Waals surface area contributed by atoms with Crippen molar-refractivity contribution in [1.82, 2.24) is 9.78 Å². The van der Waals surface area contributed by atoms with E-state index >= 15 is 0 Å². The minimum atomic E-state index is -4.42. The normalized spacial score (nSPS) is 11.8. The molecule has 0 bridgehead atoms. The molecule has 0 fully saturated rings. The summed E-state index contributed by atoms with van der Waals surface area (Å²) < 4.78 is 36.0. The second-order valence-corrected chi connectivity index (χ2v) is 2.40. The molecule has 8 heteroatoms. The number of hydrogen-bond donors (Lipinski definition) is 2. The van der Waals surface area contributed by atoms with E-state index in [1.54, 1.807) is 0 Å². The van der Waals surface area contributed by atoms with E-state index in [1.165, 1.54) is 0 Å². The SMILES string of the molecule is OB(O)c1ccnn1CC(F)(F)F. The van der Waals surface area contributed by atoms with Crippen LogP contribution in [0.1, 0.15) is 0 Å². The summed E-state index contributed by atoms with van der Waals surface area (Å²) in [7, 11) is -1.94. The number of rotatable bonds is 2. The molecule has 72 valence electrons. The predicted molar refractivity (Wildman–Crippen MR) is 38.1 cm³/mol. The lowest BCUT2D eigenvalue weighted by molar-refractivity contribution is -0.142. The Hall–Kier alpha value is -1.02. The standard InChI is InChI=1S/C5H6BF3N2O2/c7-5(8,9)3-11-4(6(12)13)1-2-10-11/h1-2,12-13H,3H2. The number of nitrogens with zero attached hydrogens (tertiary/aromatic N) is 2. The van der Waals surface area contributed by atoms with Gasteiger partial charge in [0.05, 0.1) is 5.59 Å². The first kappa shape index (κ1) is 10.1.